The Kier molecular flexibility index (Phi) is 14.5. The van der Waals surface area contributed by atoms with Gasteiger partial charge in [-0.2, -0.15) is 5.26 Å². The molecule has 0 saturated heterocycles. The number of nitrogens with zero attached hydrogens (tertiary/aromatic N) is 1. The predicted molar refractivity (Wildman–Crippen MR) is 121 cm³/mol. The highest BCUT2D eigenvalue weighted by Gasteiger charge is 2.49. The fourth-order valence-electron chi connectivity index (χ4n) is 2.97. The van der Waals surface area contributed by atoms with Gasteiger partial charge in [-0.3, -0.25) is 19.2 Å². The maximum Gasteiger partial charge on any atom is 0.325 e. The van der Waals surface area contributed by atoms with Crippen LogP contribution in [-0.4, -0.2) is 50.3 Å². The van der Waals surface area contributed by atoms with E-state index >= 15 is 0 Å². The number of hydrogen-bond acceptors (Lipinski definition) is 9. The van der Waals surface area contributed by atoms with Crippen molar-refractivity contribution in [2.45, 2.75) is 66.7 Å². The van der Waals surface area contributed by atoms with Crippen molar-refractivity contribution in [3.05, 3.63) is 0 Å². The van der Waals surface area contributed by atoms with Crippen molar-refractivity contribution in [3.8, 4) is 29.8 Å². The Hall–Kier alpha value is -3.51. The number of rotatable bonds is 13. The summed E-state index contributed by atoms with van der Waals surface area (Å²) in [4.78, 5) is 51.0. The van der Waals surface area contributed by atoms with Crippen LogP contribution < -0.4 is 0 Å². The number of nitriles is 1. The summed E-state index contributed by atoms with van der Waals surface area (Å²) in [6.45, 7) is 8.06. The van der Waals surface area contributed by atoms with E-state index in [4.69, 9.17) is 24.2 Å². The van der Waals surface area contributed by atoms with Crippen LogP contribution in [0.1, 0.15) is 66.7 Å². The molecule has 186 valence electrons. The summed E-state index contributed by atoms with van der Waals surface area (Å²) in [6, 6.07) is 1.91. The first-order chi connectivity index (χ1) is 16.3. The molecule has 0 heterocycles. The van der Waals surface area contributed by atoms with Gasteiger partial charge < -0.3 is 18.9 Å². The smallest absolute Gasteiger partial charge is 0.325 e. The maximum absolute atomic E-state index is 12.8. The normalized spacial score (nSPS) is 10.4. The van der Waals surface area contributed by atoms with Crippen molar-refractivity contribution >= 4 is 23.9 Å². The molecule has 9 heteroatoms. The molecule has 0 saturated carbocycles. The van der Waals surface area contributed by atoms with Crippen LogP contribution in [0.4, 0.5) is 0 Å². The second kappa shape index (κ2) is 16.2. The van der Waals surface area contributed by atoms with Crippen molar-refractivity contribution < 1.29 is 38.1 Å². The van der Waals surface area contributed by atoms with Gasteiger partial charge >= 0.3 is 23.9 Å². The van der Waals surface area contributed by atoms with Crippen LogP contribution in [0.25, 0.3) is 0 Å². The van der Waals surface area contributed by atoms with E-state index in [-0.39, 0.29) is 58.5 Å². The highest BCUT2D eigenvalue weighted by molar-refractivity contribution is 6.01. The first-order valence-corrected chi connectivity index (χ1v) is 11.2. The van der Waals surface area contributed by atoms with E-state index in [0.717, 1.165) is 0 Å². The van der Waals surface area contributed by atoms with Crippen LogP contribution in [0.5, 0.6) is 0 Å². The topological polar surface area (TPSA) is 129 Å². The molecule has 0 rings (SSSR count). The van der Waals surface area contributed by atoms with Crippen LogP contribution in [0, 0.1) is 45.8 Å². The van der Waals surface area contributed by atoms with E-state index in [2.05, 4.69) is 23.7 Å². The molecule has 0 aromatic rings. The van der Waals surface area contributed by atoms with E-state index in [1.54, 1.807) is 34.6 Å². The largest absolute Gasteiger partial charge is 0.465 e. The molecule has 0 aromatic carbocycles. The van der Waals surface area contributed by atoms with Gasteiger partial charge in [0.15, 0.2) is 10.8 Å². The number of ether oxygens (including phenoxy) is 4. The third kappa shape index (κ3) is 8.12. The van der Waals surface area contributed by atoms with E-state index in [1.807, 2.05) is 6.07 Å². The average molecular weight is 476 g/mol. The molecular formula is C25H33NO8. The van der Waals surface area contributed by atoms with Gasteiger partial charge in [0.2, 0.25) is 0 Å². The molecule has 0 bridgehead atoms. The number of carbonyl (C=O) groups excluding carboxylic acids is 4. The molecule has 0 fully saturated rings. The van der Waals surface area contributed by atoms with Crippen LogP contribution in [0.3, 0.4) is 0 Å². The highest BCUT2D eigenvalue weighted by atomic mass is 16.6. The quantitative estimate of drug-likeness (QED) is 0.171. The van der Waals surface area contributed by atoms with Crippen LogP contribution in [0.2, 0.25) is 0 Å². The Labute approximate surface area is 201 Å². The van der Waals surface area contributed by atoms with E-state index < -0.39 is 34.7 Å². The lowest BCUT2D eigenvalue weighted by atomic mass is 9.79. The van der Waals surface area contributed by atoms with Crippen molar-refractivity contribution in [2.24, 2.45) is 10.8 Å². The molecule has 0 spiro atoms. The summed E-state index contributed by atoms with van der Waals surface area (Å²) in [5, 5.41) is 9.03. The fraction of sp³-hybridized carbons (Fsp3) is 0.640. The molecule has 0 N–H and O–H groups in total. The van der Waals surface area contributed by atoms with Crippen LogP contribution in [-0.2, 0) is 38.1 Å². The molecule has 0 aliphatic rings. The zero-order valence-electron chi connectivity index (χ0n) is 20.6. The third-order valence-electron chi connectivity index (χ3n) is 4.80. The van der Waals surface area contributed by atoms with Gasteiger partial charge in [0.1, 0.15) is 0 Å². The Bertz CT molecular complexity index is 843. The van der Waals surface area contributed by atoms with Gasteiger partial charge in [-0.25, -0.2) is 0 Å². The number of hydrogen-bond donors (Lipinski definition) is 0. The third-order valence-corrected chi connectivity index (χ3v) is 4.80. The molecule has 0 aromatic heterocycles. The van der Waals surface area contributed by atoms with Crippen molar-refractivity contribution in [1.82, 2.24) is 0 Å². The lowest BCUT2D eigenvalue weighted by Crippen LogP contribution is -2.42. The van der Waals surface area contributed by atoms with Gasteiger partial charge in [0.25, 0.3) is 0 Å². The molecule has 0 aliphatic carbocycles. The lowest BCUT2D eigenvalue weighted by Gasteiger charge is -2.27. The van der Waals surface area contributed by atoms with Gasteiger partial charge in [-0.05, 0) is 41.0 Å². The Balaban J connectivity index is 6.30. The van der Waals surface area contributed by atoms with Gasteiger partial charge in [-0.15, -0.1) is 23.7 Å². The summed E-state index contributed by atoms with van der Waals surface area (Å²) in [5.41, 5.74) is -3.60. The molecular weight excluding hydrogens is 442 g/mol. The summed E-state index contributed by atoms with van der Waals surface area (Å²) in [7, 11) is 0. The van der Waals surface area contributed by atoms with Gasteiger partial charge in [0.05, 0.1) is 32.5 Å². The minimum absolute atomic E-state index is 0.0183. The van der Waals surface area contributed by atoms with Gasteiger partial charge in [0, 0.05) is 25.7 Å². The molecule has 0 amide bonds. The molecule has 34 heavy (non-hydrogen) atoms. The second-order valence-electron chi connectivity index (χ2n) is 7.01. The summed E-state index contributed by atoms with van der Waals surface area (Å²) < 4.78 is 20.4. The van der Waals surface area contributed by atoms with E-state index in [0.29, 0.717) is 0 Å². The molecule has 0 atom stereocenters. The fourth-order valence-corrected chi connectivity index (χ4v) is 2.97. The van der Waals surface area contributed by atoms with E-state index in [1.165, 1.54) is 0 Å². The number of esters is 4. The molecule has 0 aliphatic heterocycles. The van der Waals surface area contributed by atoms with Crippen LogP contribution >= 0.6 is 0 Å². The summed E-state index contributed by atoms with van der Waals surface area (Å²) in [6.07, 6.45) is -1.07. The summed E-state index contributed by atoms with van der Waals surface area (Å²) >= 11 is 0. The Morgan fingerprint density at radius 2 is 1.00 bits per heavy atom. The maximum atomic E-state index is 12.8. The zero-order valence-corrected chi connectivity index (χ0v) is 20.6. The molecule has 9 nitrogen and oxygen atoms in total. The lowest BCUT2D eigenvalue weighted by molar-refractivity contribution is -0.173. The van der Waals surface area contributed by atoms with Crippen LogP contribution in [0.15, 0.2) is 0 Å². The average Bonchev–Trinajstić information content (AvgIpc) is 2.81. The zero-order chi connectivity index (χ0) is 26.0. The SMILES string of the molecule is CC#CCC(CC#CCC(CCC#N)(C(=O)OCC)C(=O)OCC)(C(=O)OCC)C(=O)OCC. The second-order valence-corrected chi connectivity index (χ2v) is 7.01. The molecule has 0 radical (unpaired) electrons. The van der Waals surface area contributed by atoms with Crippen molar-refractivity contribution in [3.63, 3.8) is 0 Å². The first kappa shape index (κ1) is 30.5. The Morgan fingerprint density at radius 3 is 1.35 bits per heavy atom. The monoisotopic (exact) mass is 475 g/mol. The summed E-state index contributed by atoms with van der Waals surface area (Å²) in [5.74, 6) is 7.46. The first-order valence-electron chi connectivity index (χ1n) is 11.2. The number of carbonyl (C=O) groups is 4. The Morgan fingerprint density at radius 1 is 0.647 bits per heavy atom. The predicted octanol–water partition coefficient (Wildman–Crippen LogP) is 2.71. The molecule has 0 unspecified atom stereocenters. The standard InChI is InChI=1S/C25H33NO8/c1-6-11-15-24(20(27)31-7-2,21(28)32-8-3)16-12-13-17-25(18-14-19-26,22(29)33-9-4)23(30)34-10-5/h7-10,14-18H2,1-5H3. The van der Waals surface area contributed by atoms with Crippen molar-refractivity contribution in [1.29, 1.82) is 5.26 Å². The van der Waals surface area contributed by atoms with E-state index in [9.17, 15) is 19.2 Å². The highest BCUT2D eigenvalue weighted by Crippen LogP contribution is 2.33. The van der Waals surface area contributed by atoms with Gasteiger partial charge in [-0.1, -0.05) is 0 Å². The minimum atomic E-state index is -1.81. The minimum Gasteiger partial charge on any atom is -0.465 e. The van der Waals surface area contributed by atoms with Crippen molar-refractivity contribution in [2.75, 3.05) is 26.4 Å².